The summed E-state index contributed by atoms with van der Waals surface area (Å²) in [5.74, 6) is -0.625. The van der Waals surface area contributed by atoms with E-state index in [1.807, 2.05) is 41.1 Å². The Bertz CT molecular complexity index is 2290. The second-order valence-electron chi connectivity index (χ2n) is 17.9. The van der Waals surface area contributed by atoms with Crippen molar-refractivity contribution in [3.8, 4) is 0 Å². The molecule has 3 aromatic rings. The number of benzene rings is 2. The molecular formula is C46H58N12O6. The number of carbonyl (C=O) groups excluding carboxylic acids is 6. The van der Waals surface area contributed by atoms with Crippen LogP contribution in [-0.2, 0) is 33.8 Å². The largest absolute Gasteiger partial charge is 0.368 e. The molecule has 7 amide bonds. The van der Waals surface area contributed by atoms with E-state index < -0.39 is 17.9 Å². The topological polar surface area (TPSA) is 192 Å². The number of fused-ring (bicyclic) bond motifs is 1. The molecule has 5 fully saturated rings. The third-order valence-corrected chi connectivity index (χ3v) is 14.0. The molecule has 18 nitrogen and oxygen atoms in total. The number of hydrogen-bond donors (Lipinski definition) is 2. The monoisotopic (exact) mass is 874 g/mol. The first-order valence-corrected chi connectivity index (χ1v) is 22.7. The molecule has 2 aromatic carbocycles. The number of likely N-dealkylation sites (N-methyl/N-ethyl adjacent to an activating group) is 1. The molecule has 0 aliphatic carbocycles. The van der Waals surface area contributed by atoms with Crippen LogP contribution in [0.2, 0.25) is 0 Å². The Morgan fingerprint density at radius 3 is 2.31 bits per heavy atom. The lowest BCUT2D eigenvalue weighted by Crippen LogP contribution is -2.54. The number of nitrogens with two attached hydrogens (primary N) is 1. The number of carbonyl (C=O) groups is 6. The van der Waals surface area contributed by atoms with Gasteiger partial charge in [-0.25, -0.2) is 14.8 Å². The first kappa shape index (κ1) is 43.1. The van der Waals surface area contributed by atoms with Crippen LogP contribution in [0.15, 0.2) is 48.7 Å². The molecular weight excluding hydrogens is 817 g/mol. The molecule has 0 saturated carbocycles. The maximum absolute atomic E-state index is 13.4. The van der Waals surface area contributed by atoms with Crippen molar-refractivity contribution in [2.45, 2.75) is 57.2 Å². The SMILES string of the molecule is CN1CCN([C@@H]2CCCN(c3cnc(C(N)=O)c(Cc4ccc(N5CCN(C(=O)CN6CCN(CCc7cccc8c7CN(C7CCC(=O)NC7=O)C8=O)CC6)CC5)cc4)n3)C2)C1=O. The van der Waals surface area contributed by atoms with E-state index in [-0.39, 0.29) is 41.9 Å². The van der Waals surface area contributed by atoms with Gasteiger partial charge < -0.3 is 40.0 Å². The van der Waals surface area contributed by atoms with Gasteiger partial charge in [-0.1, -0.05) is 24.3 Å². The van der Waals surface area contributed by atoms with E-state index >= 15 is 0 Å². The summed E-state index contributed by atoms with van der Waals surface area (Å²) in [7, 11) is 1.83. The minimum Gasteiger partial charge on any atom is -0.368 e. The third-order valence-electron chi connectivity index (χ3n) is 14.0. The van der Waals surface area contributed by atoms with Crippen molar-refractivity contribution in [3.63, 3.8) is 0 Å². The van der Waals surface area contributed by atoms with E-state index in [0.29, 0.717) is 62.6 Å². The van der Waals surface area contributed by atoms with E-state index in [2.05, 4.69) is 48.1 Å². The number of piperazine rings is 2. The maximum atomic E-state index is 13.4. The van der Waals surface area contributed by atoms with Gasteiger partial charge in [0.25, 0.3) is 11.8 Å². The fraction of sp³-hybridized carbons (Fsp3) is 0.522. The zero-order chi connectivity index (χ0) is 44.5. The minimum absolute atomic E-state index is 0.0650. The van der Waals surface area contributed by atoms with Crippen molar-refractivity contribution in [3.05, 3.63) is 82.3 Å². The van der Waals surface area contributed by atoms with Crippen LogP contribution in [0.1, 0.15) is 68.9 Å². The molecule has 64 heavy (non-hydrogen) atoms. The highest BCUT2D eigenvalue weighted by Gasteiger charge is 2.40. The van der Waals surface area contributed by atoms with Crippen molar-refractivity contribution in [2.75, 3.05) is 108 Å². The number of nitrogens with zero attached hydrogens (tertiary/aromatic N) is 10. The fourth-order valence-electron chi connectivity index (χ4n) is 10.2. The number of anilines is 2. The van der Waals surface area contributed by atoms with E-state index in [1.54, 1.807) is 16.0 Å². The van der Waals surface area contributed by atoms with Gasteiger partial charge in [0.05, 0.1) is 24.5 Å². The van der Waals surface area contributed by atoms with Gasteiger partial charge >= 0.3 is 6.03 Å². The van der Waals surface area contributed by atoms with Gasteiger partial charge in [-0.2, -0.15) is 0 Å². The summed E-state index contributed by atoms with van der Waals surface area (Å²) >= 11 is 0. The lowest BCUT2D eigenvalue weighted by Gasteiger charge is -2.38. The Morgan fingerprint density at radius 2 is 1.59 bits per heavy atom. The molecule has 1 unspecified atom stereocenters. The number of urea groups is 1. The Labute approximate surface area is 373 Å². The Morgan fingerprint density at radius 1 is 0.828 bits per heavy atom. The van der Waals surface area contributed by atoms with Crippen LogP contribution in [0.3, 0.4) is 0 Å². The summed E-state index contributed by atoms with van der Waals surface area (Å²) < 4.78 is 0. The van der Waals surface area contributed by atoms with Crippen LogP contribution in [-0.4, -0.2) is 186 Å². The first-order chi connectivity index (χ1) is 31.0. The average Bonchev–Trinajstić information content (AvgIpc) is 3.83. The third kappa shape index (κ3) is 9.11. The summed E-state index contributed by atoms with van der Waals surface area (Å²) in [6.07, 6.45) is 5.25. The van der Waals surface area contributed by atoms with Gasteiger partial charge in [-0.15, -0.1) is 0 Å². The number of rotatable bonds is 12. The second-order valence-corrected chi connectivity index (χ2v) is 17.9. The van der Waals surface area contributed by atoms with Crippen molar-refractivity contribution >= 4 is 47.1 Å². The summed E-state index contributed by atoms with van der Waals surface area (Å²) in [6, 6.07) is 13.6. The Kier molecular flexibility index (Phi) is 12.5. The van der Waals surface area contributed by atoms with Crippen LogP contribution < -0.4 is 20.9 Å². The van der Waals surface area contributed by atoms with Crippen molar-refractivity contribution < 1.29 is 28.8 Å². The average molecular weight is 875 g/mol. The van der Waals surface area contributed by atoms with E-state index in [4.69, 9.17) is 10.7 Å². The molecule has 6 aliphatic heterocycles. The number of aromatic nitrogens is 2. The number of piperidine rings is 2. The zero-order valence-electron chi connectivity index (χ0n) is 36.6. The molecule has 9 rings (SSSR count). The number of imide groups is 1. The fourth-order valence-corrected chi connectivity index (χ4v) is 10.2. The number of nitrogens with one attached hydrogen (secondary N) is 1. The molecule has 338 valence electrons. The van der Waals surface area contributed by atoms with Crippen LogP contribution in [0.25, 0.3) is 0 Å². The van der Waals surface area contributed by atoms with Gasteiger partial charge in [-0.3, -0.25) is 34.2 Å². The summed E-state index contributed by atoms with van der Waals surface area (Å²) in [5.41, 5.74) is 11.2. The molecule has 0 bridgehead atoms. The lowest BCUT2D eigenvalue weighted by atomic mass is 10.0. The molecule has 7 heterocycles. The molecule has 18 heteroatoms. The zero-order valence-corrected chi connectivity index (χ0v) is 36.6. The Balaban J connectivity index is 0.721. The molecule has 0 radical (unpaired) electrons. The molecule has 2 atom stereocenters. The van der Waals surface area contributed by atoms with Crippen molar-refractivity contribution in [1.82, 2.24) is 44.7 Å². The smallest absolute Gasteiger partial charge is 0.320 e. The van der Waals surface area contributed by atoms with Crippen molar-refractivity contribution in [2.24, 2.45) is 5.73 Å². The standard InChI is InChI=1S/C46H58N12O6/c1-51-16-25-57(46(51)64)34-5-3-14-56(28-34)39-27-48-42(43(47)61)37(49-39)26-31-7-9-33(10-8-31)54-21-23-55(24-22-54)41(60)30-53-19-17-52(18-20-53)15-13-32-4-2-6-35-36(32)29-58(45(35)63)38-11-12-40(59)50-44(38)62/h2,4,6-10,27,34,38H,3,5,11-26,28-30H2,1H3,(H2,47,61)(H,50,59,62)/t34-,38?/m1/s1. The van der Waals surface area contributed by atoms with Gasteiger partial charge in [0.15, 0.2) is 0 Å². The highest BCUT2D eigenvalue weighted by Crippen LogP contribution is 2.31. The van der Waals surface area contributed by atoms with E-state index in [0.717, 1.165) is 107 Å². The van der Waals surface area contributed by atoms with Gasteiger partial charge in [0, 0.05) is 123 Å². The Hall–Kier alpha value is -6.14. The number of hydrogen-bond acceptors (Lipinski definition) is 12. The minimum atomic E-state index is -0.625. The van der Waals surface area contributed by atoms with Gasteiger partial charge in [-0.05, 0) is 60.6 Å². The molecule has 0 spiro atoms. The van der Waals surface area contributed by atoms with Crippen molar-refractivity contribution in [1.29, 1.82) is 0 Å². The highest BCUT2D eigenvalue weighted by atomic mass is 16.2. The van der Waals surface area contributed by atoms with E-state index in [1.165, 1.54) is 0 Å². The second kappa shape index (κ2) is 18.5. The van der Waals surface area contributed by atoms with E-state index in [9.17, 15) is 28.8 Å². The number of primary amides is 1. The van der Waals surface area contributed by atoms with Crippen LogP contribution in [0.4, 0.5) is 16.3 Å². The first-order valence-electron chi connectivity index (χ1n) is 22.7. The molecule has 3 N–H and O–H groups in total. The summed E-state index contributed by atoms with van der Waals surface area (Å²) in [4.78, 5) is 102. The summed E-state index contributed by atoms with van der Waals surface area (Å²) in [5, 5.41) is 2.38. The molecule has 1 aromatic heterocycles. The molecule has 5 saturated heterocycles. The van der Waals surface area contributed by atoms with Crippen LogP contribution in [0, 0.1) is 0 Å². The van der Waals surface area contributed by atoms with Crippen LogP contribution >= 0.6 is 0 Å². The number of amides is 7. The van der Waals surface area contributed by atoms with Gasteiger partial charge in [0.2, 0.25) is 17.7 Å². The normalized spacial score (nSPS) is 22.4. The van der Waals surface area contributed by atoms with Crippen LogP contribution in [0.5, 0.6) is 0 Å². The summed E-state index contributed by atoms with van der Waals surface area (Å²) in [6.45, 7) is 10.6. The molecule has 6 aliphatic rings. The lowest BCUT2D eigenvalue weighted by molar-refractivity contribution is -0.137. The maximum Gasteiger partial charge on any atom is 0.320 e. The quantitative estimate of drug-likeness (QED) is 0.244. The predicted molar refractivity (Wildman–Crippen MR) is 238 cm³/mol. The van der Waals surface area contributed by atoms with Gasteiger partial charge in [0.1, 0.15) is 17.6 Å². The predicted octanol–water partition coefficient (Wildman–Crippen LogP) is 0.772. The highest BCUT2D eigenvalue weighted by molar-refractivity contribution is 6.05.